The lowest BCUT2D eigenvalue weighted by Gasteiger charge is -2.27. The maximum Gasteiger partial charge on any atom is 0.273 e. The third kappa shape index (κ3) is 3.99. The van der Waals surface area contributed by atoms with E-state index < -0.39 is 0 Å². The molecule has 1 aliphatic heterocycles. The van der Waals surface area contributed by atoms with Gasteiger partial charge in [0.2, 0.25) is 0 Å². The molecule has 1 aliphatic rings. The highest BCUT2D eigenvalue weighted by Gasteiger charge is 2.42. The number of H-pyrrole nitrogens is 1. The first-order valence-electron chi connectivity index (χ1n) is 10.6. The van der Waals surface area contributed by atoms with Crippen molar-refractivity contribution in [2.75, 3.05) is 13.7 Å². The minimum Gasteiger partial charge on any atom is -0.497 e. The number of nitrogens with zero attached hydrogens (tertiary/aromatic N) is 2. The maximum absolute atomic E-state index is 13.5. The Morgan fingerprint density at radius 3 is 2.48 bits per heavy atom. The molecule has 5 rings (SSSR count). The van der Waals surface area contributed by atoms with Gasteiger partial charge in [-0.3, -0.25) is 9.89 Å². The molecule has 0 radical (unpaired) electrons. The second-order valence-electron chi connectivity index (χ2n) is 7.89. The third-order valence-electron chi connectivity index (χ3n) is 5.97. The Morgan fingerprint density at radius 2 is 1.79 bits per heavy atom. The van der Waals surface area contributed by atoms with Crippen molar-refractivity contribution in [3.8, 4) is 17.0 Å². The SMILES string of the molecule is COc1ccc(CCN2C(=O)c3[nH]nc(-c4ccccc4)c3C2c2ccc(Cl)cc2Cl)cc1. The molecule has 33 heavy (non-hydrogen) atoms. The number of fused-ring (bicyclic) bond motifs is 1. The van der Waals surface area contributed by atoms with E-state index in [0.717, 1.165) is 33.7 Å². The van der Waals surface area contributed by atoms with Crippen molar-refractivity contribution in [3.63, 3.8) is 0 Å². The Kier molecular flexibility index (Phi) is 5.83. The maximum atomic E-state index is 13.5. The summed E-state index contributed by atoms with van der Waals surface area (Å²) in [6.45, 7) is 0.519. The normalized spacial score (nSPS) is 15.1. The van der Waals surface area contributed by atoms with Crippen LogP contribution in [0.15, 0.2) is 72.8 Å². The van der Waals surface area contributed by atoms with Gasteiger partial charge in [-0.15, -0.1) is 0 Å². The van der Waals surface area contributed by atoms with Crippen molar-refractivity contribution in [2.24, 2.45) is 0 Å². The quantitative estimate of drug-likeness (QED) is 0.360. The number of hydrogen-bond donors (Lipinski definition) is 1. The Bertz CT molecular complexity index is 1300. The van der Waals surface area contributed by atoms with E-state index in [-0.39, 0.29) is 11.9 Å². The lowest BCUT2D eigenvalue weighted by Crippen LogP contribution is -2.31. The number of nitrogens with one attached hydrogen (secondary N) is 1. The minimum atomic E-state index is -0.371. The van der Waals surface area contributed by atoms with E-state index in [1.54, 1.807) is 19.2 Å². The fraction of sp³-hybridized carbons (Fsp3) is 0.154. The summed E-state index contributed by atoms with van der Waals surface area (Å²) in [6.07, 6.45) is 0.690. The second-order valence-corrected chi connectivity index (χ2v) is 8.74. The van der Waals surface area contributed by atoms with Crippen LogP contribution in [0.5, 0.6) is 5.75 Å². The molecule has 1 atom stereocenters. The Morgan fingerprint density at radius 1 is 1.03 bits per heavy atom. The predicted molar refractivity (Wildman–Crippen MR) is 130 cm³/mol. The van der Waals surface area contributed by atoms with Crippen LogP contribution >= 0.6 is 23.2 Å². The van der Waals surface area contributed by atoms with Gasteiger partial charge in [-0.1, -0.05) is 71.7 Å². The molecule has 1 unspecified atom stereocenters. The number of ether oxygens (including phenoxy) is 1. The van der Waals surface area contributed by atoms with Gasteiger partial charge in [0.15, 0.2) is 0 Å². The number of aromatic nitrogens is 2. The zero-order valence-corrected chi connectivity index (χ0v) is 19.4. The molecule has 4 aromatic rings. The first-order valence-corrected chi connectivity index (χ1v) is 11.3. The van der Waals surface area contributed by atoms with Crippen LogP contribution in [0.4, 0.5) is 0 Å². The summed E-state index contributed by atoms with van der Waals surface area (Å²) in [5.74, 6) is 0.708. The van der Waals surface area contributed by atoms with Gasteiger partial charge >= 0.3 is 0 Å². The van der Waals surface area contributed by atoms with Crippen molar-refractivity contribution in [3.05, 3.63) is 105 Å². The standard InChI is InChI=1S/C26H21Cl2N3O2/c1-33-19-10-7-16(8-11-19)13-14-31-25(20-12-9-18(27)15-21(20)28)22-23(17-5-3-2-4-6-17)29-30-24(22)26(31)32/h2-12,15,25H,13-14H2,1H3,(H,29,30). The van der Waals surface area contributed by atoms with Crippen LogP contribution < -0.4 is 4.74 Å². The molecule has 5 nitrogen and oxygen atoms in total. The fourth-order valence-electron chi connectivity index (χ4n) is 4.33. The van der Waals surface area contributed by atoms with Crippen LogP contribution in [0, 0.1) is 0 Å². The lowest BCUT2D eigenvalue weighted by molar-refractivity contribution is 0.0746. The van der Waals surface area contributed by atoms with Gasteiger partial charge in [-0.25, -0.2) is 0 Å². The summed E-state index contributed by atoms with van der Waals surface area (Å²) < 4.78 is 5.25. The largest absolute Gasteiger partial charge is 0.497 e. The molecule has 1 amide bonds. The van der Waals surface area contributed by atoms with Gasteiger partial charge in [-0.05, 0) is 41.8 Å². The number of methoxy groups -OCH3 is 1. The molecule has 0 saturated carbocycles. The number of amides is 1. The van der Waals surface area contributed by atoms with Crippen molar-refractivity contribution < 1.29 is 9.53 Å². The average molecular weight is 478 g/mol. The van der Waals surface area contributed by atoms with Crippen LogP contribution in [0.1, 0.15) is 33.2 Å². The molecule has 3 aromatic carbocycles. The molecule has 1 aromatic heterocycles. The minimum absolute atomic E-state index is 0.0933. The van der Waals surface area contributed by atoms with Crippen molar-refractivity contribution in [1.82, 2.24) is 15.1 Å². The van der Waals surface area contributed by atoms with Crippen molar-refractivity contribution in [1.29, 1.82) is 0 Å². The number of carbonyl (C=O) groups excluding carboxylic acids is 1. The number of aromatic amines is 1. The van der Waals surface area contributed by atoms with E-state index in [1.807, 2.05) is 65.6 Å². The molecule has 7 heteroatoms. The topological polar surface area (TPSA) is 58.2 Å². The molecule has 0 aliphatic carbocycles. The van der Waals surface area contributed by atoms with Gasteiger partial charge in [0, 0.05) is 27.7 Å². The molecular weight excluding hydrogens is 457 g/mol. The molecule has 0 fully saturated rings. The molecule has 0 bridgehead atoms. The molecule has 0 spiro atoms. The fourth-order valence-corrected chi connectivity index (χ4v) is 4.84. The lowest BCUT2D eigenvalue weighted by atomic mass is 9.96. The summed E-state index contributed by atoms with van der Waals surface area (Å²) in [4.78, 5) is 15.3. The summed E-state index contributed by atoms with van der Waals surface area (Å²) >= 11 is 12.8. The third-order valence-corrected chi connectivity index (χ3v) is 6.53. The number of hydrogen-bond acceptors (Lipinski definition) is 3. The predicted octanol–water partition coefficient (Wildman–Crippen LogP) is 6.18. The smallest absolute Gasteiger partial charge is 0.273 e. The van der Waals surface area contributed by atoms with E-state index >= 15 is 0 Å². The highest BCUT2D eigenvalue weighted by Crippen LogP contribution is 2.45. The highest BCUT2D eigenvalue weighted by molar-refractivity contribution is 6.35. The molecule has 0 saturated heterocycles. The van der Waals surface area contributed by atoms with Gasteiger partial charge < -0.3 is 9.64 Å². The van der Waals surface area contributed by atoms with Crippen molar-refractivity contribution in [2.45, 2.75) is 12.5 Å². The van der Waals surface area contributed by atoms with E-state index in [1.165, 1.54) is 0 Å². The summed E-state index contributed by atoms with van der Waals surface area (Å²) in [7, 11) is 1.64. The first kappa shape index (κ1) is 21.6. The molecule has 166 valence electrons. The van der Waals surface area contributed by atoms with Gasteiger partial charge in [-0.2, -0.15) is 5.10 Å². The Balaban J connectivity index is 1.56. The van der Waals surface area contributed by atoms with E-state index in [4.69, 9.17) is 27.9 Å². The zero-order chi connectivity index (χ0) is 22.9. The van der Waals surface area contributed by atoms with Crippen LogP contribution in [0.2, 0.25) is 10.0 Å². The van der Waals surface area contributed by atoms with Crippen LogP contribution in [0.25, 0.3) is 11.3 Å². The second kappa shape index (κ2) is 8.93. The highest BCUT2D eigenvalue weighted by atomic mass is 35.5. The summed E-state index contributed by atoms with van der Waals surface area (Å²) in [5, 5.41) is 8.55. The Hall–Kier alpha value is -3.28. The summed E-state index contributed by atoms with van der Waals surface area (Å²) in [5.41, 5.74) is 4.96. The van der Waals surface area contributed by atoms with Gasteiger partial charge in [0.1, 0.15) is 11.4 Å². The van der Waals surface area contributed by atoms with E-state index in [0.29, 0.717) is 28.7 Å². The number of benzene rings is 3. The van der Waals surface area contributed by atoms with Crippen molar-refractivity contribution >= 4 is 29.1 Å². The Labute approximate surface area is 201 Å². The molecule has 1 N–H and O–H groups in total. The molecule has 2 heterocycles. The monoisotopic (exact) mass is 477 g/mol. The van der Waals surface area contributed by atoms with Gasteiger partial charge in [0.25, 0.3) is 5.91 Å². The van der Waals surface area contributed by atoms with Gasteiger partial charge in [0.05, 0.1) is 18.8 Å². The van der Waals surface area contributed by atoms with Crippen LogP contribution in [0.3, 0.4) is 0 Å². The molecular formula is C26H21Cl2N3O2. The number of rotatable bonds is 6. The first-order chi connectivity index (χ1) is 16.1. The van der Waals surface area contributed by atoms with Crippen LogP contribution in [-0.4, -0.2) is 34.7 Å². The van der Waals surface area contributed by atoms with E-state index in [2.05, 4.69) is 10.2 Å². The average Bonchev–Trinajstić information content (AvgIpc) is 3.38. The number of carbonyl (C=O) groups is 1. The van der Waals surface area contributed by atoms with Crippen LogP contribution in [-0.2, 0) is 6.42 Å². The number of halogens is 2. The zero-order valence-electron chi connectivity index (χ0n) is 17.9. The van der Waals surface area contributed by atoms with E-state index in [9.17, 15) is 4.79 Å². The summed E-state index contributed by atoms with van der Waals surface area (Å²) in [6, 6.07) is 22.8.